The van der Waals surface area contributed by atoms with E-state index in [1.807, 2.05) is 32.0 Å². The largest absolute Gasteiger partial charge is 0.496 e. The zero-order valence-corrected chi connectivity index (χ0v) is 14.0. The van der Waals surface area contributed by atoms with Crippen molar-refractivity contribution in [3.8, 4) is 17.2 Å². The molecular formula is C18H21NO4. The van der Waals surface area contributed by atoms with Gasteiger partial charge >= 0.3 is 0 Å². The van der Waals surface area contributed by atoms with E-state index < -0.39 is 0 Å². The molecule has 0 saturated carbocycles. The van der Waals surface area contributed by atoms with Crippen molar-refractivity contribution >= 4 is 11.6 Å². The molecule has 122 valence electrons. The number of anilines is 1. The third-order valence-corrected chi connectivity index (χ3v) is 3.59. The summed E-state index contributed by atoms with van der Waals surface area (Å²) in [5.41, 5.74) is 3.21. The molecule has 0 atom stereocenters. The average molecular weight is 315 g/mol. The monoisotopic (exact) mass is 315 g/mol. The Balaban J connectivity index is 2.40. The highest BCUT2D eigenvalue weighted by Gasteiger charge is 2.18. The Morgan fingerprint density at radius 2 is 1.48 bits per heavy atom. The number of nitrogens with one attached hydrogen (secondary N) is 1. The second kappa shape index (κ2) is 7.05. The first-order chi connectivity index (χ1) is 11.0. The van der Waals surface area contributed by atoms with Gasteiger partial charge in [0.15, 0.2) is 11.5 Å². The van der Waals surface area contributed by atoms with Crippen molar-refractivity contribution < 1.29 is 19.0 Å². The maximum atomic E-state index is 12.6. The lowest BCUT2D eigenvalue weighted by Crippen LogP contribution is -2.14. The van der Waals surface area contributed by atoms with Gasteiger partial charge in [0.1, 0.15) is 5.75 Å². The minimum atomic E-state index is -0.267. The molecule has 5 nitrogen and oxygen atoms in total. The number of aryl methyl sites for hydroxylation is 2. The Bertz CT molecular complexity index is 725. The summed E-state index contributed by atoms with van der Waals surface area (Å²) in [6.45, 7) is 3.92. The standard InChI is InChI=1S/C18H21NO4/c1-11-6-7-12(2)14(8-11)19-18(20)13-9-16(22-4)17(23-5)10-15(13)21-3/h6-10H,1-5H3,(H,19,20). The molecule has 1 N–H and O–H groups in total. The number of carbonyl (C=O) groups is 1. The summed E-state index contributed by atoms with van der Waals surface area (Å²) in [5, 5.41) is 2.92. The predicted octanol–water partition coefficient (Wildman–Crippen LogP) is 3.58. The highest BCUT2D eigenvalue weighted by atomic mass is 16.5. The quantitative estimate of drug-likeness (QED) is 0.916. The van der Waals surface area contributed by atoms with Gasteiger partial charge in [0, 0.05) is 17.8 Å². The SMILES string of the molecule is COc1cc(OC)c(C(=O)Nc2cc(C)ccc2C)cc1OC. The van der Waals surface area contributed by atoms with E-state index in [0.29, 0.717) is 22.8 Å². The molecule has 0 heterocycles. The van der Waals surface area contributed by atoms with Crippen LogP contribution in [0.2, 0.25) is 0 Å². The van der Waals surface area contributed by atoms with E-state index >= 15 is 0 Å². The Labute approximate surface area is 136 Å². The highest BCUT2D eigenvalue weighted by molar-refractivity contribution is 6.07. The van der Waals surface area contributed by atoms with Gasteiger partial charge in [-0.15, -0.1) is 0 Å². The summed E-state index contributed by atoms with van der Waals surface area (Å²) >= 11 is 0. The van der Waals surface area contributed by atoms with Crippen LogP contribution in [0.15, 0.2) is 30.3 Å². The molecule has 0 aromatic heterocycles. The molecule has 0 aliphatic rings. The van der Waals surface area contributed by atoms with E-state index in [1.165, 1.54) is 21.3 Å². The molecule has 0 aliphatic carbocycles. The number of methoxy groups -OCH3 is 3. The second-order valence-corrected chi connectivity index (χ2v) is 5.18. The van der Waals surface area contributed by atoms with Gasteiger partial charge in [0.25, 0.3) is 5.91 Å². The van der Waals surface area contributed by atoms with E-state index in [2.05, 4.69) is 5.32 Å². The zero-order chi connectivity index (χ0) is 17.0. The fraction of sp³-hybridized carbons (Fsp3) is 0.278. The number of ether oxygens (including phenoxy) is 3. The van der Waals surface area contributed by atoms with E-state index in [-0.39, 0.29) is 5.91 Å². The average Bonchev–Trinajstić information content (AvgIpc) is 2.56. The summed E-state index contributed by atoms with van der Waals surface area (Å²) in [7, 11) is 4.57. The second-order valence-electron chi connectivity index (χ2n) is 5.18. The molecule has 0 fully saturated rings. The molecule has 2 aromatic carbocycles. The number of amides is 1. The predicted molar refractivity (Wildman–Crippen MR) is 90.0 cm³/mol. The van der Waals surface area contributed by atoms with Gasteiger partial charge in [-0.25, -0.2) is 0 Å². The summed E-state index contributed by atoms with van der Waals surface area (Å²) in [4.78, 5) is 12.6. The third kappa shape index (κ3) is 3.56. The van der Waals surface area contributed by atoms with Gasteiger partial charge in [-0.05, 0) is 31.0 Å². The molecule has 1 amide bonds. The van der Waals surface area contributed by atoms with E-state index in [9.17, 15) is 4.79 Å². The summed E-state index contributed by atoms with van der Waals surface area (Å²) < 4.78 is 15.8. The fourth-order valence-electron chi connectivity index (χ4n) is 2.27. The minimum absolute atomic E-state index is 0.267. The molecule has 0 aliphatic heterocycles. The number of carbonyl (C=O) groups excluding carboxylic acids is 1. The van der Waals surface area contributed by atoms with Crippen molar-refractivity contribution in [3.63, 3.8) is 0 Å². The van der Waals surface area contributed by atoms with Gasteiger partial charge in [-0.1, -0.05) is 12.1 Å². The number of benzene rings is 2. The van der Waals surface area contributed by atoms with Crippen LogP contribution in [0.4, 0.5) is 5.69 Å². The molecule has 0 bridgehead atoms. The van der Waals surface area contributed by atoms with Crippen LogP contribution in [0, 0.1) is 13.8 Å². The van der Waals surface area contributed by atoms with Crippen molar-refractivity contribution in [2.75, 3.05) is 26.6 Å². The van der Waals surface area contributed by atoms with E-state index in [1.54, 1.807) is 12.1 Å². The lowest BCUT2D eigenvalue weighted by molar-refractivity contribution is 0.102. The maximum absolute atomic E-state index is 12.6. The summed E-state index contributed by atoms with van der Waals surface area (Å²) in [5.74, 6) is 1.13. The smallest absolute Gasteiger partial charge is 0.259 e. The van der Waals surface area contributed by atoms with Crippen LogP contribution >= 0.6 is 0 Å². The Morgan fingerprint density at radius 3 is 2.09 bits per heavy atom. The Morgan fingerprint density at radius 1 is 0.870 bits per heavy atom. The van der Waals surface area contributed by atoms with Crippen LogP contribution in [-0.2, 0) is 0 Å². The molecule has 0 radical (unpaired) electrons. The van der Waals surface area contributed by atoms with Crippen LogP contribution < -0.4 is 19.5 Å². The zero-order valence-electron chi connectivity index (χ0n) is 14.0. The fourth-order valence-corrected chi connectivity index (χ4v) is 2.27. The van der Waals surface area contributed by atoms with Crippen LogP contribution in [0.1, 0.15) is 21.5 Å². The molecular weight excluding hydrogens is 294 g/mol. The lowest BCUT2D eigenvalue weighted by atomic mass is 10.1. The molecule has 5 heteroatoms. The number of hydrogen-bond acceptors (Lipinski definition) is 4. The van der Waals surface area contributed by atoms with Crippen molar-refractivity contribution in [2.45, 2.75) is 13.8 Å². The Hall–Kier alpha value is -2.69. The van der Waals surface area contributed by atoms with Crippen LogP contribution in [-0.4, -0.2) is 27.2 Å². The normalized spacial score (nSPS) is 10.1. The molecule has 2 rings (SSSR count). The van der Waals surface area contributed by atoms with Crippen molar-refractivity contribution in [3.05, 3.63) is 47.0 Å². The lowest BCUT2D eigenvalue weighted by Gasteiger charge is -2.15. The summed E-state index contributed by atoms with van der Waals surface area (Å²) in [6, 6.07) is 9.15. The third-order valence-electron chi connectivity index (χ3n) is 3.59. The first-order valence-corrected chi connectivity index (χ1v) is 7.18. The van der Waals surface area contributed by atoms with Crippen LogP contribution in [0.25, 0.3) is 0 Å². The van der Waals surface area contributed by atoms with Crippen molar-refractivity contribution in [1.29, 1.82) is 0 Å². The van der Waals surface area contributed by atoms with Gasteiger partial charge in [-0.2, -0.15) is 0 Å². The Kier molecular flexibility index (Phi) is 5.11. The van der Waals surface area contributed by atoms with E-state index in [4.69, 9.17) is 14.2 Å². The van der Waals surface area contributed by atoms with Crippen LogP contribution in [0.5, 0.6) is 17.2 Å². The minimum Gasteiger partial charge on any atom is -0.496 e. The van der Waals surface area contributed by atoms with Gasteiger partial charge in [0.05, 0.1) is 26.9 Å². The highest BCUT2D eigenvalue weighted by Crippen LogP contribution is 2.35. The number of rotatable bonds is 5. The topological polar surface area (TPSA) is 56.8 Å². The van der Waals surface area contributed by atoms with Crippen molar-refractivity contribution in [2.24, 2.45) is 0 Å². The molecule has 0 unspecified atom stereocenters. The van der Waals surface area contributed by atoms with Gasteiger partial charge in [-0.3, -0.25) is 4.79 Å². The molecule has 23 heavy (non-hydrogen) atoms. The van der Waals surface area contributed by atoms with Gasteiger partial charge < -0.3 is 19.5 Å². The number of hydrogen-bond donors (Lipinski definition) is 1. The molecule has 0 spiro atoms. The van der Waals surface area contributed by atoms with Gasteiger partial charge in [0.2, 0.25) is 0 Å². The first-order valence-electron chi connectivity index (χ1n) is 7.18. The van der Waals surface area contributed by atoms with E-state index in [0.717, 1.165) is 16.8 Å². The summed E-state index contributed by atoms with van der Waals surface area (Å²) in [6.07, 6.45) is 0. The first kappa shape index (κ1) is 16.7. The van der Waals surface area contributed by atoms with Crippen molar-refractivity contribution in [1.82, 2.24) is 0 Å². The van der Waals surface area contributed by atoms with Crippen LogP contribution in [0.3, 0.4) is 0 Å². The molecule has 2 aromatic rings. The molecule has 0 saturated heterocycles. The maximum Gasteiger partial charge on any atom is 0.259 e.